The minimum atomic E-state index is 0.665. The first-order valence-electron chi connectivity index (χ1n) is 6.71. The Morgan fingerprint density at radius 3 is 2.47 bits per heavy atom. The maximum absolute atomic E-state index is 5.40. The van der Waals surface area contributed by atoms with E-state index >= 15 is 0 Å². The highest BCUT2D eigenvalue weighted by atomic mass is 16.5. The first-order chi connectivity index (χ1) is 9.38. The highest BCUT2D eigenvalue weighted by molar-refractivity contribution is 5.26. The van der Waals surface area contributed by atoms with Crippen LogP contribution in [-0.4, -0.2) is 40.6 Å². The fourth-order valence-corrected chi connectivity index (χ4v) is 1.79. The standard InChI is InChI=1S/C15H25NO3/c1-17-10-11-19-9-5-8-16-12-14-6-3-4-7-15(14)13-18-2/h3-4,6-7,16H,5,8-13H2,1-2H3. The van der Waals surface area contributed by atoms with Gasteiger partial charge in [0.2, 0.25) is 0 Å². The average molecular weight is 267 g/mol. The van der Waals surface area contributed by atoms with Gasteiger partial charge in [0.1, 0.15) is 0 Å². The number of hydrogen-bond donors (Lipinski definition) is 1. The molecule has 0 fully saturated rings. The van der Waals surface area contributed by atoms with Gasteiger partial charge in [0.05, 0.1) is 19.8 Å². The summed E-state index contributed by atoms with van der Waals surface area (Å²) in [6, 6.07) is 8.34. The van der Waals surface area contributed by atoms with E-state index in [0.29, 0.717) is 19.8 Å². The van der Waals surface area contributed by atoms with Gasteiger partial charge < -0.3 is 19.5 Å². The SMILES string of the molecule is COCCOCCCNCc1ccccc1COC. The van der Waals surface area contributed by atoms with Crippen molar-refractivity contribution >= 4 is 0 Å². The first-order valence-corrected chi connectivity index (χ1v) is 6.71. The van der Waals surface area contributed by atoms with Gasteiger partial charge in [-0.25, -0.2) is 0 Å². The molecule has 108 valence electrons. The van der Waals surface area contributed by atoms with E-state index in [-0.39, 0.29) is 0 Å². The third-order valence-corrected chi connectivity index (χ3v) is 2.81. The second-order valence-electron chi connectivity index (χ2n) is 4.34. The maximum Gasteiger partial charge on any atom is 0.0716 e. The lowest BCUT2D eigenvalue weighted by Crippen LogP contribution is -2.18. The van der Waals surface area contributed by atoms with Crippen LogP contribution in [0.4, 0.5) is 0 Å². The Morgan fingerprint density at radius 2 is 1.74 bits per heavy atom. The fraction of sp³-hybridized carbons (Fsp3) is 0.600. The Labute approximate surface area is 116 Å². The van der Waals surface area contributed by atoms with E-state index < -0.39 is 0 Å². The Hall–Kier alpha value is -0.940. The lowest BCUT2D eigenvalue weighted by molar-refractivity contribution is 0.0694. The van der Waals surface area contributed by atoms with Gasteiger partial charge in [-0.15, -0.1) is 0 Å². The zero-order valence-electron chi connectivity index (χ0n) is 12.0. The van der Waals surface area contributed by atoms with Crippen LogP contribution >= 0.6 is 0 Å². The van der Waals surface area contributed by atoms with E-state index in [0.717, 1.165) is 26.1 Å². The van der Waals surface area contributed by atoms with Gasteiger partial charge in [-0.1, -0.05) is 24.3 Å². The third kappa shape index (κ3) is 7.28. The molecular weight excluding hydrogens is 242 g/mol. The molecule has 4 nitrogen and oxygen atoms in total. The molecule has 1 N–H and O–H groups in total. The van der Waals surface area contributed by atoms with Gasteiger partial charge in [0.15, 0.2) is 0 Å². The Bertz CT molecular complexity index is 331. The predicted molar refractivity (Wildman–Crippen MR) is 76.2 cm³/mol. The van der Waals surface area contributed by atoms with Crippen LogP contribution in [0.15, 0.2) is 24.3 Å². The second-order valence-corrected chi connectivity index (χ2v) is 4.34. The van der Waals surface area contributed by atoms with Crippen LogP contribution in [0, 0.1) is 0 Å². The zero-order chi connectivity index (χ0) is 13.8. The summed E-state index contributed by atoms with van der Waals surface area (Å²) < 4.78 is 15.5. The Kier molecular flexibility index (Phi) is 9.27. The quantitative estimate of drug-likeness (QED) is 0.622. The summed E-state index contributed by atoms with van der Waals surface area (Å²) in [5.74, 6) is 0. The van der Waals surface area contributed by atoms with Crippen LogP contribution in [0.1, 0.15) is 17.5 Å². The van der Waals surface area contributed by atoms with Crippen molar-refractivity contribution in [2.75, 3.05) is 40.6 Å². The van der Waals surface area contributed by atoms with Crippen molar-refractivity contribution in [2.45, 2.75) is 19.6 Å². The number of benzene rings is 1. The molecule has 4 heteroatoms. The van der Waals surface area contributed by atoms with Gasteiger partial charge in [-0.05, 0) is 24.1 Å². The van der Waals surface area contributed by atoms with Gasteiger partial charge in [0, 0.05) is 27.4 Å². The number of ether oxygens (including phenoxy) is 3. The van der Waals surface area contributed by atoms with Crippen molar-refractivity contribution in [3.63, 3.8) is 0 Å². The summed E-state index contributed by atoms with van der Waals surface area (Å²) >= 11 is 0. The molecule has 1 aromatic rings. The van der Waals surface area contributed by atoms with Crippen LogP contribution in [-0.2, 0) is 27.4 Å². The zero-order valence-corrected chi connectivity index (χ0v) is 12.0. The topological polar surface area (TPSA) is 39.7 Å². The van der Waals surface area contributed by atoms with Crippen LogP contribution in [0.3, 0.4) is 0 Å². The summed E-state index contributed by atoms with van der Waals surface area (Å²) in [7, 11) is 3.41. The lowest BCUT2D eigenvalue weighted by atomic mass is 10.1. The normalized spacial score (nSPS) is 10.8. The van der Waals surface area contributed by atoms with E-state index in [9.17, 15) is 0 Å². The molecular formula is C15H25NO3. The molecule has 0 bridgehead atoms. The second kappa shape index (κ2) is 10.9. The predicted octanol–water partition coefficient (Wildman–Crippen LogP) is 1.98. The Morgan fingerprint density at radius 1 is 0.947 bits per heavy atom. The summed E-state index contributed by atoms with van der Waals surface area (Å²) in [6.45, 7) is 4.60. The van der Waals surface area contributed by atoms with E-state index in [2.05, 4.69) is 23.5 Å². The summed E-state index contributed by atoms with van der Waals surface area (Å²) in [4.78, 5) is 0. The molecule has 0 heterocycles. The molecule has 1 aromatic carbocycles. The lowest BCUT2D eigenvalue weighted by Gasteiger charge is -2.10. The first kappa shape index (κ1) is 16.1. The Balaban J connectivity index is 2.12. The molecule has 0 aliphatic heterocycles. The summed E-state index contributed by atoms with van der Waals surface area (Å²) in [5.41, 5.74) is 2.54. The molecule has 0 amide bonds. The molecule has 0 aromatic heterocycles. The molecule has 0 atom stereocenters. The van der Waals surface area contributed by atoms with Gasteiger partial charge in [0.25, 0.3) is 0 Å². The van der Waals surface area contributed by atoms with E-state index in [1.54, 1.807) is 14.2 Å². The molecule has 19 heavy (non-hydrogen) atoms. The van der Waals surface area contributed by atoms with Gasteiger partial charge >= 0.3 is 0 Å². The molecule has 0 aliphatic rings. The molecule has 0 saturated heterocycles. The van der Waals surface area contributed by atoms with Crippen molar-refractivity contribution < 1.29 is 14.2 Å². The van der Waals surface area contributed by atoms with E-state index in [1.807, 2.05) is 6.07 Å². The van der Waals surface area contributed by atoms with E-state index in [1.165, 1.54) is 11.1 Å². The van der Waals surface area contributed by atoms with Crippen LogP contribution < -0.4 is 5.32 Å². The van der Waals surface area contributed by atoms with Crippen molar-refractivity contribution in [1.82, 2.24) is 5.32 Å². The van der Waals surface area contributed by atoms with Crippen molar-refractivity contribution in [1.29, 1.82) is 0 Å². The van der Waals surface area contributed by atoms with Gasteiger partial charge in [-0.2, -0.15) is 0 Å². The average Bonchev–Trinajstić information content (AvgIpc) is 2.44. The smallest absolute Gasteiger partial charge is 0.0716 e. The minimum absolute atomic E-state index is 0.665. The summed E-state index contributed by atoms with van der Waals surface area (Å²) in [5, 5.41) is 3.42. The molecule has 1 rings (SSSR count). The van der Waals surface area contributed by atoms with Crippen molar-refractivity contribution in [3.05, 3.63) is 35.4 Å². The minimum Gasteiger partial charge on any atom is -0.382 e. The number of nitrogens with one attached hydrogen (secondary N) is 1. The van der Waals surface area contributed by atoms with Crippen LogP contribution in [0.25, 0.3) is 0 Å². The number of methoxy groups -OCH3 is 2. The van der Waals surface area contributed by atoms with Crippen LogP contribution in [0.2, 0.25) is 0 Å². The molecule has 0 saturated carbocycles. The molecule has 0 radical (unpaired) electrons. The third-order valence-electron chi connectivity index (χ3n) is 2.81. The fourth-order valence-electron chi connectivity index (χ4n) is 1.79. The van der Waals surface area contributed by atoms with Crippen molar-refractivity contribution in [2.24, 2.45) is 0 Å². The maximum atomic E-state index is 5.40. The highest BCUT2D eigenvalue weighted by Crippen LogP contribution is 2.09. The van der Waals surface area contributed by atoms with Crippen LogP contribution in [0.5, 0.6) is 0 Å². The van der Waals surface area contributed by atoms with Crippen molar-refractivity contribution in [3.8, 4) is 0 Å². The largest absolute Gasteiger partial charge is 0.382 e. The number of hydrogen-bond acceptors (Lipinski definition) is 4. The molecule has 0 aliphatic carbocycles. The summed E-state index contributed by atoms with van der Waals surface area (Å²) in [6.07, 6.45) is 1.01. The highest BCUT2D eigenvalue weighted by Gasteiger charge is 2.00. The molecule has 0 unspecified atom stereocenters. The van der Waals surface area contributed by atoms with Gasteiger partial charge in [-0.3, -0.25) is 0 Å². The number of rotatable bonds is 11. The van der Waals surface area contributed by atoms with E-state index in [4.69, 9.17) is 14.2 Å². The molecule has 0 spiro atoms. The monoisotopic (exact) mass is 267 g/mol.